The van der Waals surface area contributed by atoms with Gasteiger partial charge < -0.3 is 10.1 Å². The molecule has 140 valence electrons. The molecule has 0 aliphatic heterocycles. The van der Waals surface area contributed by atoms with E-state index < -0.39 is 34.1 Å². The SMILES string of the molecule is COc1ccc(S(=O)(=O)N(C)CC(=O)Nc2ccc(F)cc2F)cc1C. The lowest BCUT2D eigenvalue weighted by Crippen LogP contribution is -2.35. The minimum Gasteiger partial charge on any atom is -0.496 e. The van der Waals surface area contributed by atoms with Gasteiger partial charge in [0.15, 0.2) is 0 Å². The maximum Gasteiger partial charge on any atom is 0.243 e. The van der Waals surface area contributed by atoms with Gasteiger partial charge in [0.25, 0.3) is 0 Å². The molecule has 2 rings (SSSR count). The van der Waals surface area contributed by atoms with Crippen molar-refractivity contribution in [3.8, 4) is 5.75 Å². The highest BCUT2D eigenvalue weighted by Crippen LogP contribution is 2.23. The van der Waals surface area contributed by atoms with Crippen LogP contribution in [0.4, 0.5) is 14.5 Å². The molecule has 0 aliphatic rings. The molecule has 0 aromatic heterocycles. The molecule has 2 aromatic carbocycles. The average molecular weight is 384 g/mol. The smallest absolute Gasteiger partial charge is 0.243 e. The van der Waals surface area contributed by atoms with Crippen molar-refractivity contribution in [3.05, 3.63) is 53.6 Å². The van der Waals surface area contributed by atoms with E-state index in [0.717, 1.165) is 16.4 Å². The number of methoxy groups -OCH3 is 1. The molecule has 0 bridgehead atoms. The van der Waals surface area contributed by atoms with Crippen molar-refractivity contribution in [2.24, 2.45) is 0 Å². The fourth-order valence-electron chi connectivity index (χ4n) is 2.26. The van der Waals surface area contributed by atoms with Gasteiger partial charge in [0.2, 0.25) is 15.9 Å². The third-order valence-electron chi connectivity index (χ3n) is 3.65. The summed E-state index contributed by atoms with van der Waals surface area (Å²) in [6, 6.07) is 6.99. The van der Waals surface area contributed by atoms with Gasteiger partial charge in [-0.2, -0.15) is 4.31 Å². The van der Waals surface area contributed by atoms with Crippen LogP contribution in [0.3, 0.4) is 0 Å². The summed E-state index contributed by atoms with van der Waals surface area (Å²) < 4.78 is 57.5. The standard InChI is InChI=1S/C17H18F2N2O4S/c1-11-8-13(5-7-16(11)25-3)26(23,24)21(2)10-17(22)20-15-6-4-12(18)9-14(15)19/h4-9H,10H2,1-3H3,(H,20,22). The molecule has 2 aromatic rings. The molecule has 26 heavy (non-hydrogen) atoms. The number of sulfonamides is 1. The second kappa shape index (κ2) is 7.79. The van der Waals surface area contributed by atoms with Gasteiger partial charge in [-0.15, -0.1) is 0 Å². The van der Waals surface area contributed by atoms with E-state index in [4.69, 9.17) is 4.74 Å². The molecule has 0 saturated heterocycles. The van der Waals surface area contributed by atoms with Crippen LogP contribution in [0, 0.1) is 18.6 Å². The largest absolute Gasteiger partial charge is 0.496 e. The summed E-state index contributed by atoms with van der Waals surface area (Å²) in [5, 5.41) is 2.21. The average Bonchev–Trinajstić information content (AvgIpc) is 2.57. The highest BCUT2D eigenvalue weighted by Gasteiger charge is 2.24. The van der Waals surface area contributed by atoms with E-state index in [1.54, 1.807) is 6.92 Å². The first kappa shape index (κ1) is 19.8. The molecule has 0 spiro atoms. The molecule has 6 nitrogen and oxygen atoms in total. The highest BCUT2D eigenvalue weighted by molar-refractivity contribution is 7.89. The number of likely N-dealkylation sites (N-methyl/N-ethyl adjacent to an activating group) is 1. The summed E-state index contributed by atoms with van der Waals surface area (Å²) in [6.45, 7) is 1.16. The first-order valence-electron chi connectivity index (χ1n) is 7.51. The van der Waals surface area contributed by atoms with Crippen molar-refractivity contribution in [2.45, 2.75) is 11.8 Å². The highest BCUT2D eigenvalue weighted by atomic mass is 32.2. The Morgan fingerprint density at radius 1 is 1.19 bits per heavy atom. The lowest BCUT2D eigenvalue weighted by Gasteiger charge is -2.18. The van der Waals surface area contributed by atoms with E-state index in [9.17, 15) is 22.0 Å². The van der Waals surface area contributed by atoms with Gasteiger partial charge >= 0.3 is 0 Å². The molecule has 0 atom stereocenters. The maximum absolute atomic E-state index is 13.6. The van der Waals surface area contributed by atoms with Gasteiger partial charge in [-0.25, -0.2) is 17.2 Å². The molecule has 1 N–H and O–H groups in total. The number of anilines is 1. The van der Waals surface area contributed by atoms with E-state index in [2.05, 4.69) is 5.32 Å². The number of amides is 1. The molecule has 0 aliphatic carbocycles. The van der Waals surface area contributed by atoms with Crippen LogP contribution in [0.5, 0.6) is 5.75 Å². The molecular formula is C17H18F2N2O4S. The summed E-state index contributed by atoms with van der Waals surface area (Å²) in [5.74, 6) is -1.95. The first-order valence-corrected chi connectivity index (χ1v) is 8.95. The molecule has 1 amide bonds. The number of hydrogen-bond acceptors (Lipinski definition) is 4. The number of rotatable bonds is 6. The third kappa shape index (κ3) is 4.36. The van der Waals surface area contributed by atoms with E-state index >= 15 is 0 Å². The van der Waals surface area contributed by atoms with Crippen molar-refractivity contribution in [1.82, 2.24) is 4.31 Å². The van der Waals surface area contributed by atoms with Crippen LogP contribution < -0.4 is 10.1 Å². The zero-order valence-electron chi connectivity index (χ0n) is 14.4. The normalized spacial score (nSPS) is 11.5. The molecule has 0 heterocycles. The van der Waals surface area contributed by atoms with Crippen LogP contribution in [0.1, 0.15) is 5.56 Å². The fourth-order valence-corrected chi connectivity index (χ4v) is 3.47. The summed E-state index contributed by atoms with van der Waals surface area (Å²) in [5.41, 5.74) is 0.391. The predicted octanol–water partition coefficient (Wildman–Crippen LogP) is 2.54. The van der Waals surface area contributed by atoms with Gasteiger partial charge in [0, 0.05) is 13.1 Å². The number of ether oxygens (including phenoxy) is 1. The minimum absolute atomic E-state index is 0.000868. The Morgan fingerprint density at radius 3 is 2.46 bits per heavy atom. The minimum atomic E-state index is -3.93. The van der Waals surface area contributed by atoms with Gasteiger partial charge in [-0.1, -0.05) is 0 Å². The second-order valence-electron chi connectivity index (χ2n) is 5.56. The Balaban J connectivity index is 2.13. The van der Waals surface area contributed by atoms with Crippen molar-refractivity contribution >= 4 is 21.6 Å². The van der Waals surface area contributed by atoms with E-state index in [1.807, 2.05) is 0 Å². The maximum atomic E-state index is 13.6. The number of aryl methyl sites for hydroxylation is 1. The summed E-state index contributed by atoms with van der Waals surface area (Å²) >= 11 is 0. The topological polar surface area (TPSA) is 75.7 Å². The van der Waals surface area contributed by atoms with Crippen molar-refractivity contribution in [1.29, 1.82) is 0 Å². The number of carbonyl (C=O) groups excluding carboxylic acids is 1. The molecule has 0 saturated carbocycles. The van der Waals surface area contributed by atoms with Crippen LogP contribution in [-0.2, 0) is 14.8 Å². The van der Waals surface area contributed by atoms with Gasteiger partial charge in [0.05, 0.1) is 24.2 Å². The Bertz CT molecular complexity index is 932. The zero-order valence-corrected chi connectivity index (χ0v) is 15.2. The van der Waals surface area contributed by atoms with Crippen molar-refractivity contribution in [3.63, 3.8) is 0 Å². The lowest BCUT2D eigenvalue weighted by atomic mass is 10.2. The predicted molar refractivity (Wildman–Crippen MR) is 92.5 cm³/mol. The quantitative estimate of drug-likeness (QED) is 0.831. The van der Waals surface area contributed by atoms with Crippen LogP contribution in [-0.4, -0.2) is 39.3 Å². The summed E-state index contributed by atoms with van der Waals surface area (Å²) in [7, 11) is -1.22. The number of carbonyl (C=O) groups is 1. The number of hydrogen-bond donors (Lipinski definition) is 1. The number of nitrogens with one attached hydrogen (secondary N) is 1. The van der Waals surface area contributed by atoms with Crippen LogP contribution >= 0.6 is 0 Å². The third-order valence-corrected chi connectivity index (χ3v) is 5.45. The molecule has 0 radical (unpaired) electrons. The summed E-state index contributed by atoms with van der Waals surface area (Å²) in [6.07, 6.45) is 0. The van der Waals surface area contributed by atoms with E-state index in [0.29, 0.717) is 17.4 Å². The zero-order chi connectivity index (χ0) is 19.5. The Morgan fingerprint density at radius 2 is 1.88 bits per heavy atom. The van der Waals surface area contributed by atoms with E-state index in [1.165, 1.54) is 32.4 Å². The van der Waals surface area contributed by atoms with Crippen molar-refractivity contribution < 1.29 is 26.7 Å². The van der Waals surface area contributed by atoms with E-state index in [-0.39, 0.29) is 10.6 Å². The van der Waals surface area contributed by atoms with Crippen LogP contribution in [0.25, 0.3) is 0 Å². The van der Waals surface area contributed by atoms with Crippen LogP contribution in [0.15, 0.2) is 41.3 Å². The molecular weight excluding hydrogens is 366 g/mol. The second-order valence-corrected chi connectivity index (χ2v) is 7.61. The number of benzene rings is 2. The number of halogens is 2. The Kier molecular flexibility index (Phi) is 5.94. The number of nitrogens with zero attached hydrogens (tertiary/aromatic N) is 1. The molecule has 0 unspecified atom stereocenters. The first-order chi connectivity index (χ1) is 12.1. The van der Waals surface area contributed by atoms with Gasteiger partial charge in [0.1, 0.15) is 17.4 Å². The van der Waals surface area contributed by atoms with Crippen LogP contribution in [0.2, 0.25) is 0 Å². The van der Waals surface area contributed by atoms with Gasteiger partial charge in [-0.05, 0) is 42.8 Å². The monoisotopic (exact) mass is 384 g/mol. The van der Waals surface area contributed by atoms with Crippen molar-refractivity contribution in [2.75, 3.05) is 26.0 Å². The fraction of sp³-hybridized carbons (Fsp3) is 0.235. The van der Waals surface area contributed by atoms with Gasteiger partial charge in [-0.3, -0.25) is 4.79 Å². The Labute approximate surface area is 150 Å². The lowest BCUT2D eigenvalue weighted by molar-refractivity contribution is -0.116. The Hall–Kier alpha value is -2.52. The summed E-state index contributed by atoms with van der Waals surface area (Å²) in [4.78, 5) is 12.0. The molecule has 0 fully saturated rings. The molecule has 9 heteroatoms.